The molecule has 0 aliphatic rings. The Balaban J connectivity index is 2.93. The molecule has 5 nitrogen and oxygen atoms in total. The van der Waals surface area contributed by atoms with Crippen molar-refractivity contribution < 1.29 is 12.7 Å². The number of rotatable bonds is 4. The van der Waals surface area contributed by atoms with E-state index >= 15 is 0 Å². The van der Waals surface area contributed by atoms with Crippen LogP contribution >= 0.6 is 0 Å². The largest absolute Gasteiger partial charge is 0.326 e. The molecule has 1 aromatic rings. The molecule has 0 aliphatic heterocycles. The van der Waals surface area contributed by atoms with Crippen molar-refractivity contribution in [1.82, 2.24) is 0 Å². The summed E-state index contributed by atoms with van der Waals surface area (Å²) in [6.07, 6.45) is 0. The monoisotopic (exact) mass is 215 g/mol. The van der Waals surface area contributed by atoms with Crippen molar-refractivity contribution in [3.8, 4) is 0 Å². The lowest BCUT2D eigenvalue weighted by Crippen LogP contribution is -2.19. The predicted molar refractivity (Wildman–Crippen MR) is 53.0 cm³/mol. The highest BCUT2D eigenvalue weighted by Crippen LogP contribution is 2.18. The summed E-state index contributed by atoms with van der Waals surface area (Å²) in [6, 6.07) is 7.89. The van der Waals surface area contributed by atoms with E-state index in [1.165, 1.54) is 7.05 Å². The van der Waals surface area contributed by atoms with Gasteiger partial charge in [0.25, 0.3) is 11.0 Å². The number of nitrogens with two attached hydrogens (primary N) is 1. The van der Waals surface area contributed by atoms with Crippen molar-refractivity contribution in [2.45, 2.75) is 6.54 Å². The molecule has 14 heavy (non-hydrogen) atoms. The average molecular weight is 215 g/mol. The second-order valence-corrected chi connectivity index (χ2v) is 3.17. The molecule has 0 amide bonds. The SMILES string of the molecule is CN(O[SH](=O)=O)c1c[c]ccc1CN. The molecule has 0 atom stereocenters. The fourth-order valence-corrected chi connectivity index (χ4v) is 1.35. The van der Waals surface area contributed by atoms with Crippen LogP contribution in [0.25, 0.3) is 0 Å². The quantitative estimate of drug-likeness (QED) is 0.539. The summed E-state index contributed by atoms with van der Waals surface area (Å²) in [5.41, 5.74) is 6.86. The summed E-state index contributed by atoms with van der Waals surface area (Å²) in [5.74, 6) is 0. The molecule has 0 heterocycles. The van der Waals surface area contributed by atoms with Crippen LogP contribution in [0.4, 0.5) is 5.69 Å². The van der Waals surface area contributed by atoms with Crippen LogP contribution < -0.4 is 10.8 Å². The standard InChI is InChI=1S/C8H11N2O3S/c1-10(13-14(11)12)8-5-3-2-4-7(8)6-9/h2,4-5,14H,6,9H2,1H3. The zero-order valence-corrected chi connectivity index (χ0v) is 8.53. The van der Waals surface area contributed by atoms with Crippen LogP contribution in [0, 0.1) is 6.07 Å². The van der Waals surface area contributed by atoms with E-state index in [0.717, 1.165) is 10.6 Å². The highest BCUT2D eigenvalue weighted by Gasteiger charge is 2.06. The third-order valence-corrected chi connectivity index (χ3v) is 2.06. The summed E-state index contributed by atoms with van der Waals surface area (Å²) in [5, 5.41) is 1.14. The fraction of sp³-hybridized carbons (Fsp3) is 0.250. The minimum atomic E-state index is -2.91. The molecule has 0 fully saturated rings. The Morgan fingerprint density at radius 2 is 2.36 bits per heavy atom. The van der Waals surface area contributed by atoms with Gasteiger partial charge in [-0.2, -0.15) is 4.28 Å². The first-order valence-electron chi connectivity index (χ1n) is 3.90. The molecule has 77 valence electrons. The molecule has 0 unspecified atom stereocenters. The van der Waals surface area contributed by atoms with E-state index in [1.54, 1.807) is 18.2 Å². The molecule has 0 aliphatic carbocycles. The Morgan fingerprint density at radius 1 is 1.64 bits per heavy atom. The maximum atomic E-state index is 10.3. The van der Waals surface area contributed by atoms with Crippen LogP contribution in [-0.2, 0) is 21.8 Å². The highest BCUT2D eigenvalue weighted by molar-refractivity contribution is 7.67. The number of hydrogen-bond acceptors (Lipinski definition) is 5. The molecule has 2 N–H and O–H groups in total. The molecule has 0 saturated carbocycles. The Kier molecular flexibility index (Phi) is 3.87. The van der Waals surface area contributed by atoms with Gasteiger partial charge in [0.2, 0.25) is 0 Å². The van der Waals surface area contributed by atoms with Gasteiger partial charge in [-0.1, -0.05) is 12.1 Å². The Labute approximate surface area is 84.2 Å². The Bertz CT molecular complexity index is 371. The first-order valence-corrected chi connectivity index (χ1v) is 5.00. The third-order valence-electron chi connectivity index (χ3n) is 1.68. The smallest absolute Gasteiger partial charge is 0.277 e. The van der Waals surface area contributed by atoms with E-state index < -0.39 is 11.0 Å². The first-order chi connectivity index (χ1) is 6.65. The fourth-order valence-electron chi connectivity index (χ4n) is 1.06. The molecule has 6 heteroatoms. The Morgan fingerprint density at radius 3 is 2.93 bits per heavy atom. The number of benzene rings is 1. The van der Waals surface area contributed by atoms with Crippen molar-refractivity contribution in [3.63, 3.8) is 0 Å². The lowest BCUT2D eigenvalue weighted by Gasteiger charge is -2.17. The molecule has 1 radical (unpaired) electrons. The van der Waals surface area contributed by atoms with Gasteiger partial charge in [0.15, 0.2) is 0 Å². The second-order valence-electron chi connectivity index (χ2n) is 2.56. The van der Waals surface area contributed by atoms with Gasteiger partial charge in [-0.05, 0) is 17.7 Å². The molecular formula is C8H11N2O3S. The number of thiol groups is 1. The minimum absolute atomic E-state index is 0.313. The predicted octanol–water partition coefficient (Wildman–Crippen LogP) is -0.160. The van der Waals surface area contributed by atoms with E-state index in [-0.39, 0.29) is 0 Å². The van der Waals surface area contributed by atoms with Crippen molar-refractivity contribution >= 4 is 16.7 Å². The van der Waals surface area contributed by atoms with Gasteiger partial charge >= 0.3 is 0 Å². The molecule has 0 aromatic heterocycles. The maximum absolute atomic E-state index is 10.3. The van der Waals surface area contributed by atoms with E-state index in [0.29, 0.717) is 12.2 Å². The lowest BCUT2D eigenvalue weighted by molar-refractivity contribution is 0.319. The molecule has 1 rings (SSSR count). The highest BCUT2D eigenvalue weighted by atomic mass is 32.2. The van der Waals surface area contributed by atoms with Gasteiger partial charge in [0, 0.05) is 13.6 Å². The van der Waals surface area contributed by atoms with E-state index in [4.69, 9.17) is 5.73 Å². The van der Waals surface area contributed by atoms with E-state index in [2.05, 4.69) is 10.4 Å². The van der Waals surface area contributed by atoms with Crippen LogP contribution in [0.5, 0.6) is 0 Å². The maximum Gasteiger partial charge on any atom is 0.277 e. The molecule has 0 spiro atoms. The van der Waals surface area contributed by atoms with E-state index in [9.17, 15) is 8.42 Å². The number of hydroxylamine groups is 1. The summed E-state index contributed by atoms with van der Waals surface area (Å²) in [6.45, 7) is 0.313. The number of nitrogens with zero attached hydrogens (tertiary/aromatic N) is 1. The topological polar surface area (TPSA) is 72.6 Å². The van der Waals surface area contributed by atoms with Crippen molar-refractivity contribution in [3.05, 3.63) is 29.8 Å². The van der Waals surface area contributed by atoms with Gasteiger partial charge in [0.1, 0.15) is 0 Å². The van der Waals surface area contributed by atoms with Crippen molar-refractivity contribution in [2.24, 2.45) is 5.73 Å². The zero-order valence-electron chi connectivity index (χ0n) is 7.64. The molecule has 1 aromatic carbocycles. The van der Waals surface area contributed by atoms with Crippen LogP contribution in [0.3, 0.4) is 0 Å². The van der Waals surface area contributed by atoms with Gasteiger partial charge in [-0.25, -0.2) is 13.5 Å². The summed E-state index contributed by atoms with van der Waals surface area (Å²) in [7, 11) is -1.42. The van der Waals surface area contributed by atoms with Crippen LogP contribution in [-0.4, -0.2) is 15.5 Å². The average Bonchev–Trinajstić information content (AvgIpc) is 2.16. The van der Waals surface area contributed by atoms with Crippen LogP contribution in [0.1, 0.15) is 5.56 Å². The zero-order chi connectivity index (χ0) is 10.6. The summed E-state index contributed by atoms with van der Waals surface area (Å²) < 4.78 is 25.1. The molecule has 0 bridgehead atoms. The minimum Gasteiger partial charge on any atom is -0.326 e. The van der Waals surface area contributed by atoms with Gasteiger partial charge in [0.05, 0.1) is 5.69 Å². The molecular weight excluding hydrogens is 204 g/mol. The lowest BCUT2D eigenvalue weighted by atomic mass is 10.2. The van der Waals surface area contributed by atoms with Gasteiger partial charge in [-0.15, -0.1) is 0 Å². The third kappa shape index (κ3) is 2.69. The van der Waals surface area contributed by atoms with Crippen LogP contribution in [0.2, 0.25) is 0 Å². The van der Waals surface area contributed by atoms with Crippen LogP contribution in [0.15, 0.2) is 18.2 Å². The summed E-state index contributed by atoms with van der Waals surface area (Å²) in [4.78, 5) is 0. The van der Waals surface area contributed by atoms with Gasteiger partial charge < -0.3 is 5.73 Å². The normalized spacial score (nSPS) is 10.5. The second kappa shape index (κ2) is 4.94. The van der Waals surface area contributed by atoms with Crippen molar-refractivity contribution in [2.75, 3.05) is 12.1 Å². The molecule has 0 saturated heterocycles. The summed E-state index contributed by atoms with van der Waals surface area (Å²) >= 11 is 0. The number of anilines is 1. The van der Waals surface area contributed by atoms with E-state index in [1.807, 2.05) is 0 Å². The number of hydrogen-bond donors (Lipinski definition) is 2. The first kappa shape index (κ1) is 11.0. The Hall–Kier alpha value is -1.11. The van der Waals surface area contributed by atoms with Crippen molar-refractivity contribution in [1.29, 1.82) is 0 Å². The van der Waals surface area contributed by atoms with Gasteiger partial charge in [-0.3, -0.25) is 0 Å².